The number of benzene rings is 2. The van der Waals surface area contributed by atoms with E-state index in [0.717, 1.165) is 68.0 Å². The van der Waals surface area contributed by atoms with Crippen LogP contribution in [0.3, 0.4) is 0 Å². The molecule has 1 aliphatic heterocycles. The van der Waals surface area contributed by atoms with Crippen LogP contribution in [0.2, 0.25) is 0 Å². The lowest BCUT2D eigenvalue weighted by atomic mass is 10.1. The van der Waals surface area contributed by atoms with E-state index < -0.39 is 29.4 Å². The predicted octanol–water partition coefficient (Wildman–Crippen LogP) is 4.89. The number of carboxylic acids is 1. The first-order valence-electron chi connectivity index (χ1n) is 14.4. The molecule has 1 aliphatic rings. The van der Waals surface area contributed by atoms with Crippen LogP contribution in [0.25, 0.3) is 0 Å². The van der Waals surface area contributed by atoms with E-state index in [1.807, 2.05) is 40.5 Å². The molecule has 1 unspecified atom stereocenters. The normalized spacial score (nSPS) is 13.6. The molecule has 4 rings (SSSR count). The topological polar surface area (TPSA) is 104 Å². The van der Waals surface area contributed by atoms with Gasteiger partial charge in [0, 0.05) is 30.9 Å². The Bertz CT molecular complexity index is 1290. The SMILES string of the molecule is O=C(O)C(CCN(CCCCc1ccc2c(n1)NCCC2)CCOc1ccccc1)NC(=O)C(F)(F)c1ccccc1. The molecule has 0 spiro atoms. The number of alkyl halides is 2. The Morgan fingerprint density at radius 1 is 1.00 bits per heavy atom. The summed E-state index contributed by atoms with van der Waals surface area (Å²) in [7, 11) is 0. The third-order valence-corrected chi connectivity index (χ3v) is 7.29. The van der Waals surface area contributed by atoms with E-state index in [9.17, 15) is 23.5 Å². The number of aromatic nitrogens is 1. The van der Waals surface area contributed by atoms with Gasteiger partial charge in [-0.05, 0) is 68.8 Å². The number of aryl methyl sites for hydroxylation is 2. The van der Waals surface area contributed by atoms with Gasteiger partial charge in [-0.25, -0.2) is 9.78 Å². The molecule has 0 bridgehead atoms. The fourth-order valence-corrected chi connectivity index (χ4v) is 4.89. The summed E-state index contributed by atoms with van der Waals surface area (Å²) in [5.74, 6) is -5.15. The van der Waals surface area contributed by atoms with Crippen molar-refractivity contribution in [3.8, 4) is 5.75 Å². The highest BCUT2D eigenvalue weighted by molar-refractivity contribution is 5.88. The first-order chi connectivity index (χ1) is 20.3. The molecule has 2 aromatic carbocycles. The Morgan fingerprint density at radius 2 is 1.74 bits per heavy atom. The van der Waals surface area contributed by atoms with Crippen LogP contribution in [0.1, 0.15) is 42.5 Å². The number of hydrogen-bond donors (Lipinski definition) is 3. The summed E-state index contributed by atoms with van der Waals surface area (Å²) in [6.45, 7) is 2.76. The van der Waals surface area contributed by atoms with E-state index in [1.54, 1.807) is 6.07 Å². The fraction of sp³-hybridized carbons (Fsp3) is 0.406. The number of fused-ring (bicyclic) bond motifs is 1. The van der Waals surface area contributed by atoms with Crippen molar-refractivity contribution >= 4 is 17.7 Å². The summed E-state index contributed by atoms with van der Waals surface area (Å²) in [4.78, 5) is 31.1. The minimum absolute atomic E-state index is 0.0324. The van der Waals surface area contributed by atoms with Gasteiger partial charge < -0.3 is 20.5 Å². The number of amides is 1. The van der Waals surface area contributed by atoms with E-state index in [2.05, 4.69) is 17.4 Å². The van der Waals surface area contributed by atoms with Gasteiger partial charge in [0.1, 0.15) is 24.2 Å². The number of carbonyl (C=O) groups excluding carboxylic acids is 1. The predicted molar refractivity (Wildman–Crippen MR) is 157 cm³/mol. The average Bonchev–Trinajstić information content (AvgIpc) is 3.01. The molecule has 3 aromatic rings. The lowest BCUT2D eigenvalue weighted by Crippen LogP contribution is -2.48. The number of nitrogens with one attached hydrogen (secondary N) is 2. The number of para-hydroxylation sites is 1. The number of carboxylic acid groups (broad SMARTS) is 1. The van der Waals surface area contributed by atoms with Crippen LogP contribution in [0, 0.1) is 0 Å². The summed E-state index contributed by atoms with van der Waals surface area (Å²) >= 11 is 0. The van der Waals surface area contributed by atoms with Gasteiger partial charge in [-0.3, -0.25) is 9.69 Å². The fourth-order valence-electron chi connectivity index (χ4n) is 4.89. The number of carbonyl (C=O) groups is 2. The molecular weight excluding hydrogens is 542 g/mol. The third-order valence-electron chi connectivity index (χ3n) is 7.29. The Kier molecular flexibility index (Phi) is 11.2. The highest BCUT2D eigenvalue weighted by Crippen LogP contribution is 2.28. The monoisotopic (exact) mass is 580 g/mol. The highest BCUT2D eigenvalue weighted by Gasteiger charge is 2.42. The second-order valence-electron chi connectivity index (χ2n) is 10.4. The smallest absolute Gasteiger partial charge is 0.349 e. The van der Waals surface area contributed by atoms with Crippen LogP contribution in [0.4, 0.5) is 14.6 Å². The van der Waals surface area contributed by atoms with Crippen LogP contribution in [-0.4, -0.2) is 65.7 Å². The molecule has 42 heavy (non-hydrogen) atoms. The van der Waals surface area contributed by atoms with Gasteiger partial charge in [0.15, 0.2) is 0 Å². The molecule has 3 N–H and O–H groups in total. The quantitative estimate of drug-likeness (QED) is 0.207. The van der Waals surface area contributed by atoms with E-state index in [0.29, 0.717) is 19.7 Å². The van der Waals surface area contributed by atoms with Gasteiger partial charge in [0.05, 0.1) is 0 Å². The molecule has 0 aliphatic carbocycles. The molecule has 1 amide bonds. The Balaban J connectivity index is 1.32. The van der Waals surface area contributed by atoms with Gasteiger partial charge in [-0.1, -0.05) is 54.6 Å². The molecule has 0 saturated heterocycles. The maximum atomic E-state index is 14.7. The number of unbranched alkanes of at least 4 members (excludes halogenated alkanes) is 1. The zero-order valence-corrected chi connectivity index (χ0v) is 23.6. The minimum atomic E-state index is -3.85. The summed E-state index contributed by atoms with van der Waals surface area (Å²) in [5, 5.41) is 15.1. The number of halogens is 2. The van der Waals surface area contributed by atoms with Gasteiger partial charge in [0.2, 0.25) is 0 Å². The van der Waals surface area contributed by atoms with Crippen LogP contribution in [0.5, 0.6) is 5.75 Å². The summed E-state index contributed by atoms with van der Waals surface area (Å²) in [5.41, 5.74) is 1.78. The maximum Gasteiger partial charge on any atom is 0.349 e. The van der Waals surface area contributed by atoms with Crippen molar-refractivity contribution in [3.05, 3.63) is 89.6 Å². The van der Waals surface area contributed by atoms with Gasteiger partial charge >= 0.3 is 11.9 Å². The molecule has 2 heterocycles. The number of aliphatic carboxylic acids is 1. The molecule has 1 atom stereocenters. The van der Waals surface area contributed by atoms with E-state index in [1.165, 1.54) is 17.7 Å². The Hall–Kier alpha value is -4.05. The number of nitrogens with zero attached hydrogens (tertiary/aromatic N) is 2. The summed E-state index contributed by atoms with van der Waals surface area (Å²) in [6, 6.07) is 18.8. The highest BCUT2D eigenvalue weighted by atomic mass is 19.3. The van der Waals surface area contributed by atoms with Crippen molar-refractivity contribution in [3.63, 3.8) is 0 Å². The van der Waals surface area contributed by atoms with Crippen molar-refractivity contribution in [1.82, 2.24) is 15.2 Å². The van der Waals surface area contributed by atoms with Crippen molar-refractivity contribution < 1.29 is 28.2 Å². The van der Waals surface area contributed by atoms with E-state index in [-0.39, 0.29) is 13.0 Å². The molecule has 0 fully saturated rings. The van der Waals surface area contributed by atoms with Crippen LogP contribution in [-0.2, 0) is 28.4 Å². The average molecular weight is 581 g/mol. The lowest BCUT2D eigenvalue weighted by molar-refractivity contribution is -0.152. The first-order valence-corrected chi connectivity index (χ1v) is 14.4. The number of pyridine rings is 1. The first kappa shape index (κ1) is 30.9. The van der Waals surface area contributed by atoms with Crippen LogP contribution < -0.4 is 15.4 Å². The molecule has 1 aromatic heterocycles. The van der Waals surface area contributed by atoms with E-state index >= 15 is 0 Å². The van der Waals surface area contributed by atoms with Crippen molar-refractivity contribution in [2.75, 3.05) is 38.1 Å². The molecule has 0 radical (unpaired) electrons. The van der Waals surface area contributed by atoms with E-state index in [4.69, 9.17) is 9.72 Å². The van der Waals surface area contributed by atoms with Crippen molar-refractivity contribution in [1.29, 1.82) is 0 Å². The van der Waals surface area contributed by atoms with Gasteiger partial charge in [0.25, 0.3) is 5.91 Å². The molecule has 8 nitrogen and oxygen atoms in total. The Morgan fingerprint density at radius 3 is 2.48 bits per heavy atom. The van der Waals surface area contributed by atoms with Crippen molar-refractivity contribution in [2.45, 2.75) is 50.5 Å². The van der Waals surface area contributed by atoms with Gasteiger partial charge in [-0.15, -0.1) is 0 Å². The molecule has 10 heteroatoms. The third kappa shape index (κ3) is 8.97. The standard InChI is InChI=1S/C32H38F2N4O4/c33-32(34,25-11-3-1-4-12-25)31(41)37-28(30(39)40)18-21-38(22-23-42-27-14-5-2-6-15-27)20-8-7-13-26-17-16-24-10-9-19-35-29(24)36-26/h1-6,11-12,14-17,28H,7-10,13,18-23H2,(H,35,36)(H,37,41)(H,39,40). The lowest BCUT2D eigenvalue weighted by Gasteiger charge is -2.25. The van der Waals surface area contributed by atoms with Crippen molar-refractivity contribution in [2.24, 2.45) is 0 Å². The zero-order valence-electron chi connectivity index (χ0n) is 23.6. The molecule has 0 saturated carbocycles. The second-order valence-corrected chi connectivity index (χ2v) is 10.4. The number of anilines is 1. The van der Waals surface area contributed by atoms with Crippen LogP contribution in [0.15, 0.2) is 72.8 Å². The zero-order chi connectivity index (χ0) is 29.8. The summed E-state index contributed by atoms with van der Waals surface area (Å²) < 4.78 is 35.2. The minimum Gasteiger partial charge on any atom is -0.492 e. The molecular formula is C32H38F2N4O4. The van der Waals surface area contributed by atoms with Gasteiger partial charge in [-0.2, -0.15) is 8.78 Å². The molecule has 224 valence electrons. The Labute approximate surface area is 245 Å². The number of rotatable bonds is 16. The number of hydrogen-bond acceptors (Lipinski definition) is 6. The number of ether oxygens (including phenoxy) is 1. The largest absolute Gasteiger partial charge is 0.492 e. The summed E-state index contributed by atoms with van der Waals surface area (Å²) in [6.07, 6.45) is 4.63. The maximum absolute atomic E-state index is 14.7. The second kappa shape index (κ2) is 15.3. The van der Waals surface area contributed by atoms with Crippen LogP contribution >= 0.6 is 0 Å².